The molecular weight excluding hydrogens is 358 g/mol. The molecule has 0 saturated carbocycles. The summed E-state index contributed by atoms with van der Waals surface area (Å²) in [5, 5.41) is 0.396. The lowest BCUT2D eigenvalue weighted by Crippen LogP contribution is -2.23. The molecule has 0 N–H and O–H groups in total. The van der Waals surface area contributed by atoms with E-state index < -0.39 is 17.7 Å². The molecule has 0 bridgehead atoms. The number of likely N-dealkylation sites (N-methyl/N-ethyl adjacent to an activating group) is 1. The van der Waals surface area contributed by atoms with Crippen molar-refractivity contribution < 1.29 is 18.4 Å². The summed E-state index contributed by atoms with van der Waals surface area (Å²) >= 11 is 0.716. The van der Waals surface area contributed by atoms with E-state index in [1.54, 1.807) is 7.05 Å². The molecular formula is C19H14F2N2O2S. The number of fused-ring (bicyclic) bond motifs is 1. The number of nitrogens with zero attached hydrogens (tertiary/aromatic N) is 2. The average molecular weight is 372 g/mol. The summed E-state index contributed by atoms with van der Waals surface area (Å²) in [5.74, 6) is -1.76. The van der Waals surface area contributed by atoms with Gasteiger partial charge in [0.15, 0.2) is 11.6 Å². The van der Waals surface area contributed by atoms with Crippen LogP contribution in [-0.2, 0) is 11.3 Å². The maximum Gasteiger partial charge on any atom is 0.289 e. The molecule has 1 aromatic heterocycles. The summed E-state index contributed by atoms with van der Waals surface area (Å²) < 4.78 is 28.5. The van der Waals surface area contributed by atoms with Crippen LogP contribution in [-0.4, -0.2) is 26.9 Å². The fourth-order valence-electron chi connectivity index (χ4n) is 3.27. The van der Waals surface area contributed by atoms with Crippen molar-refractivity contribution in [3.8, 4) is 0 Å². The van der Waals surface area contributed by atoms with E-state index in [0.29, 0.717) is 23.9 Å². The molecule has 132 valence electrons. The fourth-order valence-corrected chi connectivity index (χ4v) is 4.09. The Morgan fingerprint density at radius 2 is 1.88 bits per heavy atom. The molecule has 0 spiro atoms. The molecule has 0 aliphatic carbocycles. The normalized spacial score (nSPS) is 17.5. The zero-order valence-corrected chi connectivity index (χ0v) is 14.6. The lowest BCUT2D eigenvalue weighted by molar-refractivity contribution is -0.113. The van der Waals surface area contributed by atoms with Crippen LogP contribution in [0.1, 0.15) is 17.2 Å². The maximum atomic E-state index is 13.5. The van der Waals surface area contributed by atoms with E-state index in [0.717, 1.165) is 22.5 Å². The lowest BCUT2D eigenvalue weighted by Gasteiger charge is -2.18. The summed E-state index contributed by atoms with van der Waals surface area (Å²) in [4.78, 5) is 25.5. The quantitative estimate of drug-likeness (QED) is 0.687. The third kappa shape index (κ3) is 2.68. The van der Waals surface area contributed by atoms with Crippen LogP contribution < -0.4 is 0 Å². The number of halogens is 2. The van der Waals surface area contributed by atoms with Gasteiger partial charge in [0.25, 0.3) is 5.24 Å². The van der Waals surface area contributed by atoms with Gasteiger partial charge in [-0.1, -0.05) is 18.2 Å². The number of carbonyl (C=O) groups is 2. The van der Waals surface area contributed by atoms with Crippen molar-refractivity contribution >= 4 is 33.0 Å². The second kappa shape index (κ2) is 6.25. The molecule has 1 atom stereocenters. The SMILES string of the molecule is CN1C(=O)SC(=O)C1c1cccc2c1ccn2Cc1ccc(F)c(F)c1. The van der Waals surface area contributed by atoms with Crippen molar-refractivity contribution in [3.63, 3.8) is 0 Å². The van der Waals surface area contributed by atoms with Crippen molar-refractivity contribution in [2.75, 3.05) is 7.05 Å². The van der Waals surface area contributed by atoms with Crippen LogP contribution in [0, 0.1) is 11.6 Å². The fraction of sp³-hybridized carbons (Fsp3) is 0.158. The Labute approximate surface area is 152 Å². The van der Waals surface area contributed by atoms with Crippen LogP contribution in [0.3, 0.4) is 0 Å². The highest BCUT2D eigenvalue weighted by Crippen LogP contribution is 2.38. The highest BCUT2D eigenvalue weighted by Gasteiger charge is 2.39. The first-order chi connectivity index (χ1) is 12.5. The number of carbonyl (C=O) groups excluding carboxylic acids is 2. The smallest absolute Gasteiger partial charge is 0.289 e. The van der Waals surface area contributed by atoms with Crippen molar-refractivity contribution in [1.29, 1.82) is 0 Å². The largest absolute Gasteiger partial charge is 0.343 e. The van der Waals surface area contributed by atoms with Gasteiger partial charge < -0.3 is 9.47 Å². The third-order valence-corrected chi connectivity index (χ3v) is 5.45. The molecule has 3 aromatic rings. The summed E-state index contributed by atoms with van der Waals surface area (Å²) in [6.45, 7) is 0.367. The van der Waals surface area contributed by atoms with E-state index in [-0.39, 0.29) is 10.4 Å². The Hall–Kier alpha value is -2.67. The van der Waals surface area contributed by atoms with E-state index >= 15 is 0 Å². The van der Waals surface area contributed by atoms with E-state index in [2.05, 4.69) is 0 Å². The molecule has 7 heteroatoms. The predicted molar refractivity (Wildman–Crippen MR) is 95.9 cm³/mol. The number of benzene rings is 2. The van der Waals surface area contributed by atoms with Gasteiger partial charge in [0.05, 0.1) is 0 Å². The van der Waals surface area contributed by atoms with Crippen molar-refractivity contribution in [1.82, 2.24) is 9.47 Å². The minimum atomic E-state index is -0.881. The van der Waals surface area contributed by atoms with Gasteiger partial charge in [-0.2, -0.15) is 0 Å². The molecule has 4 rings (SSSR count). The standard InChI is InChI=1S/C19H14F2N2O2S/c1-22-17(18(24)26-19(22)25)13-3-2-4-16-12(13)7-8-23(16)10-11-5-6-14(20)15(21)9-11/h2-9,17H,10H2,1H3. The van der Waals surface area contributed by atoms with Crippen LogP contribution in [0.2, 0.25) is 0 Å². The zero-order valence-electron chi connectivity index (χ0n) is 13.8. The number of hydrogen-bond acceptors (Lipinski definition) is 3. The van der Waals surface area contributed by atoms with Crippen molar-refractivity contribution in [2.24, 2.45) is 0 Å². The molecule has 4 nitrogen and oxygen atoms in total. The Balaban J connectivity index is 1.74. The van der Waals surface area contributed by atoms with E-state index in [1.807, 2.05) is 35.0 Å². The Morgan fingerprint density at radius 1 is 1.08 bits per heavy atom. The van der Waals surface area contributed by atoms with Gasteiger partial charge in [-0.05, 0) is 35.4 Å². The molecule has 0 radical (unpaired) electrons. The minimum absolute atomic E-state index is 0.196. The Morgan fingerprint density at radius 3 is 2.58 bits per heavy atom. The van der Waals surface area contributed by atoms with Crippen LogP contribution in [0.4, 0.5) is 13.6 Å². The highest BCUT2D eigenvalue weighted by atomic mass is 32.2. The highest BCUT2D eigenvalue weighted by molar-refractivity contribution is 8.26. The third-order valence-electron chi connectivity index (χ3n) is 4.57. The summed E-state index contributed by atoms with van der Waals surface area (Å²) in [5.41, 5.74) is 2.25. The number of thioether (sulfide) groups is 1. The Kier molecular flexibility index (Phi) is 4.03. The van der Waals surface area contributed by atoms with Gasteiger partial charge in [0.2, 0.25) is 5.12 Å². The molecule has 1 saturated heterocycles. The molecule has 2 heterocycles. The number of aromatic nitrogens is 1. The summed E-state index contributed by atoms with van der Waals surface area (Å²) in [7, 11) is 1.61. The number of hydrogen-bond donors (Lipinski definition) is 0. The Bertz CT molecular complexity index is 1050. The number of rotatable bonds is 3. The second-order valence-electron chi connectivity index (χ2n) is 6.17. The van der Waals surface area contributed by atoms with Crippen LogP contribution in [0.5, 0.6) is 0 Å². The summed E-state index contributed by atoms with van der Waals surface area (Å²) in [6, 6.07) is 10.6. The zero-order chi connectivity index (χ0) is 18.4. The van der Waals surface area contributed by atoms with Gasteiger partial charge in [-0.15, -0.1) is 0 Å². The van der Waals surface area contributed by atoms with Crippen molar-refractivity contribution in [2.45, 2.75) is 12.6 Å². The molecule has 1 amide bonds. The number of amides is 1. The molecule has 1 fully saturated rings. The predicted octanol–water partition coefficient (Wildman–Crippen LogP) is 4.33. The second-order valence-corrected chi connectivity index (χ2v) is 7.13. The molecule has 26 heavy (non-hydrogen) atoms. The van der Waals surface area contributed by atoms with Crippen molar-refractivity contribution in [3.05, 3.63) is 71.4 Å². The monoisotopic (exact) mass is 372 g/mol. The minimum Gasteiger partial charge on any atom is -0.343 e. The first kappa shape index (κ1) is 16.8. The first-order valence-corrected chi connectivity index (χ1v) is 8.77. The lowest BCUT2D eigenvalue weighted by atomic mass is 10.0. The maximum absolute atomic E-state index is 13.5. The van der Waals surface area contributed by atoms with Gasteiger partial charge in [-0.25, -0.2) is 8.78 Å². The molecule has 1 aliphatic heterocycles. The van der Waals surface area contributed by atoms with Crippen LogP contribution in [0.25, 0.3) is 10.9 Å². The average Bonchev–Trinajstić information content (AvgIpc) is 3.12. The van der Waals surface area contributed by atoms with E-state index in [1.165, 1.54) is 17.0 Å². The van der Waals surface area contributed by atoms with E-state index in [4.69, 9.17) is 0 Å². The van der Waals surface area contributed by atoms with Gasteiger partial charge in [-0.3, -0.25) is 9.59 Å². The van der Waals surface area contributed by atoms with Gasteiger partial charge in [0, 0.05) is 42.5 Å². The topological polar surface area (TPSA) is 42.3 Å². The molecule has 1 unspecified atom stereocenters. The van der Waals surface area contributed by atoms with Gasteiger partial charge >= 0.3 is 0 Å². The molecule has 2 aromatic carbocycles. The van der Waals surface area contributed by atoms with Crippen LogP contribution >= 0.6 is 11.8 Å². The summed E-state index contributed by atoms with van der Waals surface area (Å²) in [6.07, 6.45) is 1.84. The van der Waals surface area contributed by atoms with E-state index in [9.17, 15) is 18.4 Å². The molecule has 1 aliphatic rings. The van der Waals surface area contributed by atoms with Crippen LogP contribution in [0.15, 0.2) is 48.7 Å². The first-order valence-electron chi connectivity index (χ1n) is 7.96. The van der Waals surface area contributed by atoms with Gasteiger partial charge in [0.1, 0.15) is 6.04 Å².